The van der Waals surface area contributed by atoms with Gasteiger partial charge in [-0.05, 0) is 45.3 Å². The number of benzene rings is 1. The minimum Gasteiger partial charge on any atom is -0.384 e. The summed E-state index contributed by atoms with van der Waals surface area (Å²) in [5.41, 5.74) is 3.04. The van der Waals surface area contributed by atoms with E-state index in [1.54, 1.807) is 18.4 Å². The van der Waals surface area contributed by atoms with Crippen LogP contribution in [-0.4, -0.2) is 37.7 Å². The van der Waals surface area contributed by atoms with Gasteiger partial charge in [0.15, 0.2) is 5.13 Å². The molecule has 1 amide bonds. The van der Waals surface area contributed by atoms with Crippen molar-refractivity contribution in [2.75, 3.05) is 32.1 Å². The predicted octanol–water partition coefficient (Wildman–Crippen LogP) is 3.31. The number of hydrogen-bond donors (Lipinski definition) is 2. The van der Waals surface area contributed by atoms with Gasteiger partial charge in [-0.25, -0.2) is 4.98 Å². The van der Waals surface area contributed by atoms with Crippen molar-refractivity contribution in [1.29, 1.82) is 0 Å². The summed E-state index contributed by atoms with van der Waals surface area (Å²) in [6.07, 6.45) is 2.41. The molecule has 2 aromatic rings. The molecule has 1 aromatic carbocycles. The normalized spacial score (nSPS) is 16.4. The van der Waals surface area contributed by atoms with E-state index in [1.807, 2.05) is 6.92 Å². The van der Waals surface area contributed by atoms with Gasteiger partial charge in [0.25, 0.3) is 0 Å². The first kappa shape index (κ1) is 19.0. The molecule has 0 radical (unpaired) electrons. The first-order valence-electron chi connectivity index (χ1n) is 9.05. The second kappa shape index (κ2) is 8.29. The highest BCUT2D eigenvalue weighted by Gasteiger charge is 2.40. The average molecular weight is 374 g/mol. The molecule has 2 heterocycles. The summed E-state index contributed by atoms with van der Waals surface area (Å²) in [4.78, 5) is 18.7. The molecular weight excluding hydrogens is 346 g/mol. The van der Waals surface area contributed by atoms with Gasteiger partial charge in [-0.3, -0.25) is 4.79 Å². The van der Waals surface area contributed by atoms with Crippen LogP contribution in [0.25, 0.3) is 0 Å². The molecule has 1 saturated heterocycles. The molecule has 6 heteroatoms. The fourth-order valence-electron chi connectivity index (χ4n) is 3.39. The topological polar surface area (TPSA) is 63.2 Å². The third-order valence-electron chi connectivity index (χ3n) is 5.06. The van der Waals surface area contributed by atoms with E-state index in [1.165, 1.54) is 16.0 Å². The van der Waals surface area contributed by atoms with Crippen molar-refractivity contribution in [3.05, 3.63) is 46.0 Å². The molecule has 1 aliphatic rings. The lowest BCUT2D eigenvalue weighted by Gasteiger charge is -2.35. The van der Waals surface area contributed by atoms with E-state index in [-0.39, 0.29) is 5.91 Å². The quantitative estimate of drug-likeness (QED) is 0.815. The van der Waals surface area contributed by atoms with E-state index in [0.717, 1.165) is 38.0 Å². The zero-order chi connectivity index (χ0) is 18.6. The number of aromatic nitrogens is 1. The van der Waals surface area contributed by atoms with Crippen LogP contribution < -0.4 is 10.6 Å². The fraction of sp³-hybridized carbons (Fsp3) is 0.500. The fourth-order valence-corrected chi connectivity index (χ4v) is 4.38. The van der Waals surface area contributed by atoms with Crippen molar-refractivity contribution in [3.8, 4) is 0 Å². The van der Waals surface area contributed by atoms with Crippen molar-refractivity contribution < 1.29 is 9.53 Å². The molecule has 0 saturated carbocycles. The molecule has 0 bridgehead atoms. The largest absolute Gasteiger partial charge is 0.384 e. The van der Waals surface area contributed by atoms with E-state index < -0.39 is 5.41 Å². The SMILES string of the molecule is COCC1(C(=O)Nc2nc(C)c(Cc3ccc(C)cc3)s2)CCNCC1. The third kappa shape index (κ3) is 4.31. The number of nitrogens with one attached hydrogen (secondary N) is 2. The van der Waals surface area contributed by atoms with Crippen LogP contribution in [0.2, 0.25) is 0 Å². The molecule has 1 aliphatic heterocycles. The molecule has 26 heavy (non-hydrogen) atoms. The van der Waals surface area contributed by atoms with Crippen LogP contribution in [0.5, 0.6) is 0 Å². The molecule has 1 aromatic heterocycles. The first-order valence-corrected chi connectivity index (χ1v) is 9.87. The van der Waals surface area contributed by atoms with Crippen LogP contribution in [-0.2, 0) is 16.0 Å². The Morgan fingerprint density at radius 3 is 2.62 bits per heavy atom. The van der Waals surface area contributed by atoms with Gasteiger partial charge in [0.05, 0.1) is 17.7 Å². The maximum Gasteiger partial charge on any atom is 0.234 e. The Labute approximate surface area is 159 Å². The molecular formula is C20H27N3O2S. The second-order valence-electron chi connectivity index (χ2n) is 7.11. The van der Waals surface area contributed by atoms with Crippen LogP contribution in [0.1, 0.15) is 34.5 Å². The summed E-state index contributed by atoms with van der Waals surface area (Å²) >= 11 is 1.57. The van der Waals surface area contributed by atoms with Crippen LogP contribution in [0.4, 0.5) is 5.13 Å². The highest BCUT2D eigenvalue weighted by molar-refractivity contribution is 7.15. The minimum absolute atomic E-state index is 0.0245. The van der Waals surface area contributed by atoms with Gasteiger partial charge in [-0.2, -0.15) is 0 Å². The number of methoxy groups -OCH3 is 1. The van der Waals surface area contributed by atoms with Gasteiger partial charge in [0.1, 0.15) is 0 Å². The number of anilines is 1. The Bertz CT molecular complexity index is 743. The average Bonchev–Trinajstić information content (AvgIpc) is 2.97. The lowest BCUT2D eigenvalue weighted by molar-refractivity contribution is -0.130. The van der Waals surface area contributed by atoms with Gasteiger partial charge >= 0.3 is 0 Å². The molecule has 2 N–H and O–H groups in total. The summed E-state index contributed by atoms with van der Waals surface area (Å²) in [5.74, 6) is 0.0245. The lowest BCUT2D eigenvalue weighted by atomic mass is 9.79. The van der Waals surface area contributed by atoms with E-state index in [9.17, 15) is 4.79 Å². The number of carbonyl (C=O) groups excluding carboxylic acids is 1. The summed E-state index contributed by atoms with van der Waals surface area (Å²) < 4.78 is 5.36. The Kier molecular flexibility index (Phi) is 6.06. The third-order valence-corrected chi connectivity index (χ3v) is 6.13. The van der Waals surface area contributed by atoms with E-state index in [0.29, 0.717) is 11.7 Å². The number of carbonyl (C=O) groups is 1. The molecule has 3 rings (SSSR count). The monoisotopic (exact) mass is 373 g/mol. The standard InChI is InChI=1S/C20H27N3O2S/c1-14-4-6-16(7-5-14)12-17-15(2)22-19(26-17)23-18(24)20(13-25-3)8-10-21-11-9-20/h4-7,21H,8-13H2,1-3H3,(H,22,23,24). The number of hydrogen-bond acceptors (Lipinski definition) is 5. The lowest BCUT2D eigenvalue weighted by Crippen LogP contribution is -2.47. The Morgan fingerprint density at radius 1 is 1.27 bits per heavy atom. The number of amides is 1. The number of rotatable bonds is 6. The molecule has 0 atom stereocenters. The van der Waals surface area contributed by atoms with Crippen molar-refractivity contribution in [2.45, 2.75) is 33.1 Å². The summed E-state index contributed by atoms with van der Waals surface area (Å²) in [6.45, 7) is 6.22. The zero-order valence-electron chi connectivity index (χ0n) is 15.7. The van der Waals surface area contributed by atoms with Crippen LogP contribution in [0.15, 0.2) is 24.3 Å². The zero-order valence-corrected chi connectivity index (χ0v) is 16.5. The smallest absolute Gasteiger partial charge is 0.234 e. The van der Waals surface area contributed by atoms with Crippen molar-refractivity contribution >= 4 is 22.4 Å². The van der Waals surface area contributed by atoms with Gasteiger partial charge < -0.3 is 15.4 Å². The number of piperidine rings is 1. The Morgan fingerprint density at radius 2 is 1.96 bits per heavy atom. The number of nitrogens with zero attached hydrogens (tertiary/aromatic N) is 1. The van der Waals surface area contributed by atoms with Crippen LogP contribution >= 0.6 is 11.3 Å². The number of thiazole rings is 1. The van der Waals surface area contributed by atoms with Gasteiger partial charge in [0.2, 0.25) is 5.91 Å². The van der Waals surface area contributed by atoms with Crippen molar-refractivity contribution in [3.63, 3.8) is 0 Å². The summed E-state index contributed by atoms with van der Waals surface area (Å²) in [5, 5.41) is 7.05. The van der Waals surface area contributed by atoms with Gasteiger partial charge in [-0.1, -0.05) is 29.8 Å². The second-order valence-corrected chi connectivity index (χ2v) is 8.19. The Hall–Kier alpha value is -1.76. The number of ether oxygens (including phenoxy) is 1. The van der Waals surface area contributed by atoms with Crippen molar-refractivity contribution in [1.82, 2.24) is 10.3 Å². The van der Waals surface area contributed by atoms with Crippen LogP contribution in [0.3, 0.4) is 0 Å². The summed E-state index contributed by atoms with van der Waals surface area (Å²) in [6, 6.07) is 8.55. The predicted molar refractivity (Wildman–Crippen MR) is 106 cm³/mol. The molecule has 0 aliphatic carbocycles. The molecule has 5 nitrogen and oxygen atoms in total. The number of aryl methyl sites for hydroxylation is 2. The Balaban J connectivity index is 1.71. The molecule has 0 spiro atoms. The van der Waals surface area contributed by atoms with E-state index in [4.69, 9.17) is 4.74 Å². The minimum atomic E-state index is -0.462. The van der Waals surface area contributed by atoms with Gasteiger partial charge in [0, 0.05) is 18.4 Å². The maximum absolute atomic E-state index is 12.9. The maximum atomic E-state index is 12.9. The van der Waals surface area contributed by atoms with Crippen molar-refractivity contribution in [2.24, 2.45) is 5.41 Å². The van der Waals surface area contributed by atoms with Gasteiger partial charge in [-0.15, -0.1) is 11.3 Å². The van der Waals surface area contributed by atoms with Crippen LogP contribution in [0, 0.1) is 19.3 Å². The molecule has 140 valence electrons. The van der Waals surface area contributed by atoms with E-state index >= 15 is 0 Å². The highest BCUT2D eigenvalue weighted by Crippen LogP contribution is 2.32. The van der Waals surface area contributed by atoms with E-state index in [2.05, 4.69) is 46.8 Å². The molecule has 1 fully saturated rings. The first-order chi connectivity index (χ1) is 12.5. The molecule has 0 unspecified atom stereocenters. The highest BCUT2D eigenvalue weighted by atomic mass is 32.1. The summed E-state index contributed by atoms with van der Waals surface area (Å²) in [7, 11) is 1.66.